The monoisotopic (exact) mass is 269 g/mol. The first kappa shape index (κ1) is 13.8. The number of halogens is 2. The van der Waals surface area contributed by atoms with Crippen LogP contribution in [0, 0.1) is 11.7 Å². The minimum atomic E-state index is -0.301. The van der Waals surface area contributed by atoms with Crippen LogP contribution >= 0.6 is 11.6 Å². The van der Waals surface area contributed by atoms with E-state index in [0.29, 0.717) is 12.0 Å². The summed E-state index contributed by atoms with van der Waals surface area (Å²) in [6.45, 7) is 3.27. The summed E-state index contributed by atoms with van der Waals surface area (Å²) in [5.74, 6) is 0.336. The molecule has 1 nitrogen and oxygen atoms in total. The smallest absolute Gasteiger partial charge is 0.142 e. The molecule has 2 atom stereocenters. The van der Waals surface area contributed by atoms with Crippen molar-refractivity contribution >= 4 is 11.6 Å². The zero-order chi connectivity index (χ0) is 13.0. The first-order chi connectivity index (χ1) is 8.70. The van der Waals surface area contributed by atoms with Gasteiger partial charge >= 0.3 is 0 Å². The second-order valence-corrected chi connectivity index (χ2v) is 5.61. The Labute approximate surface area is 114 Å². The molecule has 18 heavy (non-hydrogen) atoms. The van der Waals surface area contributed by atoms with E-state index in [9.17, 15) is 4.39 Å². The third-order valence-electron chi connectivity index (χ3n) is 3.80. The van der Waals surface area contributed by atoms with Crippen molar-refractivity contribution in [3.8, 4) is 0 Å². The molecule has 0 heterocycles. The Bertz CT molecular complexity index is 394. The highest BCUT2D eigenvalue weighted by Crippen LogP contribution is 2.29. The molecule has 1 saturated carbocycles. The Balaban J connectivity index is 1.96. The second-order valence-electron chi connectivity index (χ2n) is 5.20. The average molecular weight is 270 g/mol. The zero-order valence-electron chi connectivity index (χ0n) is 10.9. The van der Waals surface area contributed by atoms with Gasteiger partial charge in [0.25, 0.3) is 0 Å². The number of benzene rings is 1. The molecule has 1 aromatic carbocycles. The van der Waals surface area contributed by atoms with Crippen LogP contribution in [0.5, 0.6) is 0 Å². The Hall–Kier alpha value is -0.600. The fourth-order valence-corrected chi connectivity index (χ4v) is 2.97. The summed E-state index contributed by atoms with van der Waals surface area (Å²) in [5, 5.41) is 3.82. The largest absolute Gasteiger partial charge is 0.314 e. The minimum Gasteiger partial charge on any atom is -0.314 e. The summed E-state index contributed by atoms with van der Waals surface area (Å²) in [5.41, 5.74) is 1.06. The van der Waals surface area contributed by atoms with Crippen molar-refractivity contribution in [1.29, 1.82) is 0 Å². The maximum Gasteiger partial charge on any atom is 0.142 e. The lowest BCUT2D eigenvalue weighted by molar-refractivity contribution is 0.398. The molecule has 1 fully saturated rings. The van der Waals surface area contributed by atoms with E-state index >= 15 is 0 Å². The Morgan fingerprint density at radius 2 is 2.22 bits per heavy atom. The summed E-state index contributed by atoms with van der Waals surface area (Å²) in [7, 11) is 0. The van der Waals surface area contributed by atoms with Gasteiger partial charge in [-0.15, -0.1) is 0 Å². The molecule has 0 aliphatic heterocycles. The van der Waals surface area contributed by atoms with Crippen LogP contribution < -0.4 is 5.32 Å². The van der Waals surface area contributed by atoms with E-state index in [-0.39, 0.29) is 10.8 Å². The summed E-state index contributed by atoms with van der Waals surface area (Å²) in [6, 6.07) is 5.79. The van der Waals surface area contributed by atoms with E-state index in [1.54, 1.807) is 12.1 Å². The molecule has 2 rings (SSSR count). The summed E-state index contributed by atoms with van der Waals surface area (Å²) < 4.78 is 13.4. The van der Waals surface area contributed by atoms with Crippen LogP contribution in [0.3, 0.4) is 0 Å². The molecule has 0 spiro atoms. The van der Waals surface area contributed by atoms with Crippen LogP contribution in [0.2, 0.25) is 5.02 Å². The molecule has 1 aliphatic rings. The van der Waals surface area contributed by atoms with E-state index in [0.717, 1.165) is 18.5 Å². The van der Waals surface area contributed by atoms with Gasteiger partial charge in [-0.25, -0.2) is 4.39 Å². The van der Waals surface area contributed by atoms with Gasteiger partial charge in [0.2, 0.25) is 0 Å². The van der Waals surface area contributed by atoms with Gasteiger partial charge in [0.05, 0.1) is 5.02 Å². The standard InChI is InChI=1S/C15H21ClFN/c1-2-8-18-15-5-3-4-12(15)9-11-6-7-13(16)14(17)10-11/h6-7,10,12,15,18H,2-5,8-9H2,1H3. The lowest BCUT2D eigenvalue weighted by Crippen LogP contribution is -2.33. The van der Waals surface area contributed by atoms with Crippen molar-refractivity contribution in [3.05, 3.63) is 34.6 Å². The van der Waals surface area contributed by atoms with E-state index in [1.807, 2.05) is 6.07 Å². The summed E-state index contributed by atoms with van der Waals surface area (Å²) >= 11 is 5.71. The van der Waals surface area contributed by atoms with Gasteiger partial charge in [-0.05, 0) is 55.8 Å². The molecule has 0 bridgehead atoms. The van der Waals surface area contributed by atoms with E-state index in [2.05, 4.69) is 12.2 Å². The molecule has 2 unspecified atom stereocenters. The Morgan fingerprint density at radius 3 is 2.94 bits per heavy atom. The van der Waals surface area contributed by atoms with Crippen molar-refractivity contribution in [1.82, 2.24) is 5.32 Å². The maximum absolute atomic E-state index is 13.4. The number of hydrogen-bond donors (Lipinski definition) is 1. The lowest BCUT2D eigenvalue weighted by Gasteiger charge is -2.21. The summed E-state index contributed by atoms with van der Waals surface area (Å²) in [6.07, 6.45) is 5.89. The fraction of sp³-hybridized carbons (Fsp3) is 0.600. The highest BCUT2D eigenvalue weighted by atomic mass is 35.5. The van der Waals surface area contributed by atoms with Crippen LogP contribution in [-0.4, -0.2) is 12.6 Å². The molecule has 1 aliphatic carbocycles. The lowest BCUT2D eigenvalue weighted by atomic mass is 9.94. The van der Waals surface area contributed by atoms with Gasteiger partial charge in [0, 0.05) is 6.04 Å². The Kier molecular flexibility index (Phi) is 5.02. The molecule has 0 radical (unpaired) electrons. The van der Waals surface area contributed by atoms with E-state index < -0.39 is 0 Å². The average Bonchev–Trinajstić information content (AvgIpc) is 2.79. The molecule has 0 saturated heterocycles. The van der Waals surface area contributed by atoms with Gasteiger partial charge in [-0.2, -0.15) is 0 Å². The van der Waals surface area contributed by atoms with Crippen molar-refractivity contribution in [2.45, 2.75) is 45.1 Å². The summed E-state index contributed by atoms with van der Waals surface area (Å²) in [4.78, 5) is 0. The van der Waals surface area contributed by atoms with Gasteiger partial charge in [0.1, 0.15) is 5.82 Å². The molecule has 1 aromatic rings. The highest BCUT2D eigenvalue weighted by Gasteiger charge is 2.26. The van der Waals surface area contributed by atoms with Gasteiger partial charge in [0.15, 0.2) is 0 Å². The molecular formula is C15H21ClFN. The zero-order valence-corrected chi connectivity index (χ0v) is 11.6. The van der Waals surface area contributed by atoms with Gasteiger partial charge < -0.3 is 5.32 Å². The maximum atomic E-state index is 13.4. The third kappa shape index (κ3) is 3.46. The van der Waals surface area contributed by atoms with Gasteiger partial charge in [-0.3, -0.25) is 0 Å². The van der Waals surface area contributed by atoms with E-state index in [4.69, 9.17) is 11.6 Å². The van der Waals surface area contributed by atoms with Crippen LogP contribution in [-0.2, 0) is 6.42 Å². The molecule has 0 aromatic heterocycles. The highest BCUT2D eigenvalue weighted by molar-refractivity contribution is 6.30. The van der Waals surface area contributed by atoms with Crippen LogP contribution in [0.4, 0.5) is 4.39 Å². The van der Waals surface area contributed by atoms with Crippen molar-refractivity contribution in [2.75, 3.05) is 6.54 Å². The first-order valence-corrected chi connectivity index (χ1v) is 7.25. The topological polar surface area (TPSA) is 12.0 Å². The number of nitrogens with one attached hydrogen (secondary N) is 1. The normalized spacial score (nSPS) is 23.5. The van der Waals surface area contributed by atoms with Crippen molar-refractivity contribution < 1.29 is 4.39 Å². The molecule has 100 valence electrons. The molecule has 1 N–H and O–H groups in total. The second kappa shape index (κ2) is 6.53. The fourth-order valence-electron chi connectivity index (χ4n) is 2.85. The van der Waals surface area contributed by atoms with Crippen LogP contribution in [0.15, 0.2) is 18.2 Å². The van der Waals surface area contributed by atoms with Crippen LogP contribution in [0.25, 0.3) is 0 Å². The molecule has 0 amide bonds. The SMILES string of the molecule is CCCNC1CCCC1Cc1ccc(Cl)c(F)c1. The predicted molar refractivity (Wildman–Crippen MR) is 74.5 cm³/mol. The third-order valence-corrected chi connectivity index (χ3v) is 4.10. The first-order valence-electron chi connectivity index (χ1n) is 6.88. The Morgan fingerprint density at radius 1 is 1.39 bits per heavy atom. The van der Waals surface area contributed by atoms with Gasteiger partial charge in [-0.1, -0.05) is 31.0 Å². The van der Waals surface area contributed by atoms with Crippen molar-refractivity contribution in [2.24, 2.45) is 5.92 Å². The van der Waals surface area contributed by atoms with Crippen LogP contribution in [0.1, 0.15) is 38.2 Å². The predicted octanol–water partition coefficient (Wildman–Crippen LogP) is 4.19. The van der Waals surface area contributed by atoms with E-state index in [1.165, 1.54) is 25.7 Å². The minimum absolute atomic E-state index is 0.214. The quantitative estimate of drug-likeness (QED) is 0.845. The van der Waals surface area contributed by atoms with Crippen molar-refractivity contribution in [3.63, 3.8) is 0 Å². The number of hydrogen-bond acceptors (Lipinski definition) is 1. The molecular weight excluding hydrogens is 249 g/mol. The molecule has 3 heteroatoms. The number of rotatable bonds is 5.